The highest BCUT2D eigenvalue weighted by molar-refractivity contribution is 6.29. The predicted molar refractivity (Wildman–Crippen MR) is 69.7 cm³/mol. The molecule has 6 nitrogen and oxygen atoms in total. The normalized spacial score (nSPS) is 13.8. The molecule has 0 bridgehead atoms. The highest BCUT2D eigenvalue weighted by atomic mass is 35.5. The second kappa shape index (κ2) is 5.97. The zero-order valence-corrected chi connectivity index (χ0v) is 11.4. The molecule has 18 heavy (non-hydrogen) atoms. The van der Waals surface area contributed by atoms with Crippen LogP contribution in [-0.2, 0) is 4.79 Å². The molecule has 3 N–H and O–H groups in total. The number of amides is 1. The van der Waals surface area contributed by atoms with Gasteiger partial charge in [0.25, 0.3) is 0 Å². The first kappa shape index (κ1) is 14.7. The number of aromatic nitrogens is 2. The predicted octanol–water partition coefficient (Wildman–Crippen LogP) is 1.59. The van der Waals surface area contributed by atoms with E-state index in [0.29, 0.717) is 6.42 Å². The lowest BCUT2D eigenvalue weighted by molar-refractivity contribution is -0.120. The SMILES string of the molecule is CCCC(C)(N)C(=O)Nc1nc(Cl)cc(OC)n1. The van der Waals surface area contributed by atoms with Crippen LogP contribution in [0.25, 0.3) is 0 Å². The fourth-order valence-corrected chi connectivity index (χ4v) is 1.61. The smallest absolute Gasteiger partial charge is 0.246 e. The molecule has 100 valence electrons. The molecule has 0 aromatic carbocycles. The summed E-state index contributed by atoms with van der Waals surface area (Å²) >= 11 is 5.77. The maximum absolute atomic E-state index is 11.9. The Morgan fingerprint density at radius 1 is 1.61 bits per heavy atom. The molecular weight excluding hydrogens is 256 g/mol. The van der Waals surface area contributed by atoms with Crippen LogP contribution in [0.4, 0.5) is 5.95 Å². The van der Waals surface area contributed by atoms with Crippen molar-refractivity contribution in [2.24, 2.45) is 5.73 Å². The van der Waals surface area contributed by atoms with Crippen LogP contribution in [0.15, 0.2) is 6.07 Å². The van der Waals surface area contributed by atoms with Gasteiger partial charge < -0.3 is 10.5 Å². The number of nitrogens with one attached hydrogen (secondary N) is 1. The molecule has 1 aromatic heterocycles. The summed E-state index contributed by atoms with van der Waals surface area (Å²) in [5.41, 5.74) is 4.93. The van der Waals surface area contributed by atoms with E-state index in [1.165, 1.54) is 13.2 Å². The second-order valence-corrected chi connectivity index (χ2v) is 4.57. The Balaban J connectivity index is 2.84. The fraction of sp³-hybridized carbons (Fsp3) is 0.545. The number of rotatable bonds is 5. The number of nitrogens with zero attached hydrogens (tertiary/aromatic N) is 2. The van der Waals surface area contributed by atoms with Crippen molar-refractivity contribution in [1.29, 1.82) is 0 Å². The number of nitrogens with two attached hydrogens (primary N) is 1. The van der Waals surface area contributed by atoms with Gasteiger partial charge in [0.15, 0.2) is 0 Å². The van der Waals surface area contributed by atoms with Crippen LogP contribution in [0.5, 0.6) is 5.88 Å². The van der Waals surface area contributed by atoms with Crippen molar-refractivity contribution < 1.29 is 9.53 Å². The Hall–Kier alpha value is -1.40. The van der Waals surface area contributed by atoms with Gasteiger partial charge in [-0.25, -0.2) is 4.98 Å². The third-order valence-corrected chi connectivity index (χ3v) is 2.59. The van der Waals surface area contributed by atoms with Crippen LogP contribution in [0.1, 0.15) is 26.7 Å². The highest BCUT2D eigenvalue weighted by Gasteiger charge is 2.28. The first-order chi connectivity index (χ1) is 8.39. The number of anilines is 1. The maximum Gasteiger partial charge on any atom is 0.246 e. The van der Waals surface area contributed by atoms with Crippen molar-refractivity contribution in [2.45, 2.75) is 32.2 Å². The molecule has 1 amide bonds. The molecule has 1 rings (SSSR count). The van der Waals surface area contributed by atoms with Gasteiger partial charge in [-0.1, -0.05) is 24.9 Å². The van der Waals surface area contributed by atoms with Gasteiger partial charge in [0.2, 0.25) is 17.7 Å². The third kappa shape index (κ3) is 3.82. The third-order valence-electron chi connectivity index (χ3n) is 2.39. The largest absolute Gasteiger partial charge is 0.481 e. The van der Waals surface area contributed by atoms with Gasteiger partial charge in [0.05, 0.1) is 12.6 Å². The van der Waals surface area contributed by atoms with E-state index in [1.807, 2.05) is 6.92 Å². The van der Waals surface area contributed by atoms with Crippen molar-refractivity contribution in [3.05, 3.63) is 11.2 Å². The van der Waals surface area contributed by atoms with E-state index < -0.39 is 5.54 Å². The summed E-state index contributed by atoms with van der Waals surface area (Å²) in [5, 5.41) is 2.72. The molecule has 0 aliphatic heterocycles. The Labute approximate surface area is 111 Å². The summed E-state index contributed by atoms with van der Waals surface area (Å²) in [4.78, 5) is 19.8. The summed E-state index contributed by atoms with van der Waals surface area (Å²) in [6.45, 7) is 3.62. The molecule has 0 aliphatic rings. The Kier molecular flexibility index (Phi) is 4.86. The summed E-state index contributed by atoms with van der Waals surface area (Å²) < 4.78 is 4.93. The van der Waals surface area contributed by atoms with Crippen molar-refractivity contribution in [2.75, 3.05) is 12.4 Å². The van der Waals surface area contributed by atoms with E-state index in [4.69, 9.17) is 22.1 Å². The minimum atomic E-state index is -0.965. The lowest BCUT2D eigenvalue weighted by Gasteiger charge is -2.22. The average Bonchev–Trinajstić information content (AvgIpc) is 2.27. The Morgan fingerprint density at radius 3 is 2.83 bits per heavy atom. The molecule has 1 aromatic rings. The number of halogens is 1. The average molecular weight is 273 g/mol. The first-order valence-electron chi connectivity index (χ1n) is 5.58. The van der Waals surface area contributed by atoms with E-state index >= 15 is 0 Å². The van der Waals surface area contributed by atoms with E-state index in [2.05, 4.69) is 15.3 Å². The molecule has 0 fully saturated rings. The molecule has 1 heterocycles. The Morgan fingerprint density at radius 2 is 2.28 bits per heavy atom. The van der Waals surface area contributed by atoms with Crippen LogP contribution >= 0.6 is 11.6 Å². The number of ether oxygens (including phenoxy) is 1. The number of carbonyl (C=O) groups excluding carboxylic acids is 1. The number of carbonyl (C=O) groups is 1. The van der Waals surface area contributed by atoms with Gasteiger partial charge in [-0.05, 0) is 13.3 Å². The minimum Gasteiger partial charge on any atom is -0.481 e. The standard InChI is InChI=1S/C11H17ClN4O2/c1-4-5-11(2,13)9(17)16-10-14-7(12)6-8(15-10)18-3/h6H,4-5,13H2,1-3H3,(H,14,15,16,17). The van der Waals surface area contributed by atoms with E-state index in [-0.39, 0.29) is 22.9 Å². The van der Waals surface area contributed by atoms with Gasteiger partial charge in [-0.2, -0.15) is 4.98 Å². The minimum absolute atomic E-state index is 0.0807. The fourth-order valence-electron chi connectivity index (χ4n) is 1.43. The monoisotopic (exact) mass is 272 g/mol. The topological polar surface area (TPSA) is 90.1 Å². The summed E-state index contributed by atoms with van der Waals surface area (Å²) in [6, 6.07) is 1.45. The van der Waals surface area contributed by atoms with Crippen LogP contribution in [-0.4, -0.2) is 28.5 Å². The molecule has 0 saturated carbocycles. The molecule has 1 unspecified atom stereocenters. The molecular formula is C11H17ClN4O2. The molecule has 0 saturated heterocycles. The molecule has 0 radical (unpaired) electrons. The number of hydrogen-bond acceptors (Lipinski definition) is 5. The first-order valence-corrected chi connectivity index (χ1v) is 5.95. The molecule has 0 aliphatic carbocycles. The van der Waals surface area contributed by atoms with Gasteiger partial charge in [-0.3, -0.25) is 10.1 Å². The van der Waals surface area contributed by atoms with Gasteiger partial charge in [-0.15, -0.1) is 0 Å². The quantitative estimate of drug-likeness (QED) is 0.795. The van der Waals surface area contributed by atoms with Gasteiger partial charge >= 0.3 is 0 Å². The maximum atomic E-state index is 11.9. The van der Waals surface area contributed by atoms with Crippen molar-refractivity contribution >= 4 is 23.5 Å². The number of hydrogen-bond donors (Lipinski definition) is 2. The lowest BCUT2D eigenvalue weighted by Crippen LogP contribution is -2.48. The lowest BCUT2D eigenvalue weighted by atomic mass is 9.97. The summed E-state index contributed by atoms with van der Waals surface area (Å²) in [6.07, 6.45) is 1.37. The van der Waals surface area contributed by atoms with Crippen molar-refractivity contribution in [1.82, 2.24) is 9.97 Å². The van der Waals surface area contributed by atoms with E-state index in [0.717, 1.165) is 6.42 Å². The van der Waals surface area contributed by atoms with Crippen molar-refractivity contribution in [3.63, 3.8) is 0 Å². The molecule has 7 heteroatoms. The molecule has 0 spiro atoms. The zero-order valence-electron chi connectivity index (χ0n) is 10.7. The van der Waals surface area contributed by atoms with Crippen molar-refractivity contribution in [3.8, 4) is 5.88 Å². The highest BCUT2D eigenvalue weighted by Crippen LogP contribution is 2.17. The van der Waals surface area contributed by atoms with Crippen LogP contribution < -0.4 is 15.8 Å². The zero-order chi connectivity index (χ0) is 13.8. The summed E-state index contributed by atoms with van der Waals surface area (Å²) in [5.74, 6) is 0.00492. The van der Waals surface area contributed by atoms with Crippen LogP contribution in [0.2, 0.25) is 5.15 Å². The second-order valence-electron chi connectivity index (χ2n) is 4.18. The molecule has 1 atom stereocenters. The van der Waals surface area contributed by atoms with E-state index in [1.54, 1.807) is 6.92 Å². The van der Waals surface area contributed by atoms with Gasteiger partial charge in [0.1, 0.15) is 5.15 Å². The van der Waals surface area contributed by atoms with Crippen LogP contribution in [0, 0.1) is 0 Å². The van der Waals surface area contributed by atoms with Crippen LogP contribution in [0.3, 0.4) is 0 Å². The van der Waals surface area contributed by atoms with Gasteiger partial charge in [0, 0.05) is 6.07 Å². The van der Waals surface area contributed by atoms with E-state index in [9.17, 15) is 4.79 Å². The summed E-state index contributed by atoms with van der Waals surface area (Å²) in [7, 11) is 1.45. The Bertz CT molecular complexity index is 437. The number of methoxy groups -OCH3 is 1.